The number of hydrazone groups is 1. The first kappa shape index (κ1) is 27.6. The van der Waals surface area contributed by atoms with Gasteiger partial charge in [0.2, 0.25) is 0 Å². The number of nitrogens with one attached hydrogen (secondary N) is 1. The molecule has 6 rings (SSSR count). The van der Waals surface area contributed by atoms with Gasteiger partial charge in [-0.05, 0) is 60.7 Å². The molecule has 0 unspecified atom stereocenters. The number of nitrogens with zero attached hydrogens (tertiary/aromatic N) is 7. The largest absolute Gasteiger partial charge is 0.497 e. The maximum atomic E-state index is 12.8. The number of hydrogen-bond donors (Lipinski definition) is 1. The number of ether oxygens (including phenoxy) is 1. The standard InChI is InChI=1S/C32H26N8O2S/c1-42-28-14-12-23(13-15-28)30-25(21-39(38-30)26-8-4-2-5-9-26)20-34-35-29(41)22-43-32-37-36-31(24-16-18-33-19-17-24)40(32)27-10-6-3-7-11-27/h2-21H,22H2,1H3,(H,35,41). The van der Waals surface area contributed by atoms with Crippen LogP contribution in [-0.2, 0) is 4.79 Å². The van der Waals surface area contributed by atoms with Crippen LogP contribution < -0.4 is 10.2 Å². The number of para-hydroxylation sites is 2. The van der Waals surface area contributed by atoms with Crippen LogP contribution in [0.3, 0.4) is 0 Å². The molecule has 0 aliphatic heterocycles. The van der Waals surface area contributed by atoms with Crippen LogP contribution in [0.4, 0.5) is 0 Å². The molecule has 0 aliphatic rings. The fourth-order valence-corrected chi connectivity index (χ4v) is 5.11. The van der Waals surface area contributed by atoms with E-state index in [0.29, 0.717) is 11.0 Å². The van der Waals surface area contributed by atoms with Gasteiger partial charge in [0.1, 0.15) is 11.4 Å². The molecule has 1 amide bonds. The number of hydrogen-bond acceptors (Lipinski definition) is 8. The van der Waals surface area contributed by atoms with Crippen LogP contribution in [-0.4, -0.2) is 54.5 Å². The lowest BCUT2D eigenvalue weighted by atomic mass is 10.1. The van der Waals surface area contributed by atoms with E-state index in [9.17, 15) is 4.79 Å². The number of pyridine rings is 1. The fourth-order valence-electron chi connectivity index (χ4n) is 4.37. The van der Waals surface area contributed by atoms with Crippen molar-refractivity contribution in [3.63, 3.8) is 0 Å². The Morgan fingerprint density at radius 1 is 0.884 bits per heavy atom. The van der Waals surface area contributed by atoms with Gasteiger partial charge in [0.05, 0.1) is 24.8 Å². The van der Waals surface area contributed by atoms with Crippen molar-refractivity contribution in [1.29, 1.82) is 0 Å². The molecule has 11 heteroatoms. The average molecular weight is 587 g/mol. The topological polar surface area (TPSA) is 112 Å². The molecule has 0 atom stereocenters. The molecule has 0 bridgehead atoms. The summed E-state index contributed by atoms with van der Waals surface area (Å²) in [7, 11) is 1.63. The highest BCUT2D eigenvalue weighted by atomic mass is 32.2. The van der Waals surface area contributed by atoms with Crippen LogP contribution in [0.25, 0.3) is 34.0 Å². The minimum Gasteiger partial charge on any atom is -0.497 e. The Morgan fingerprint density at radius 3 is 2.28 bits per heavy atom. The molecule has 212 valence electrons. The van der Waals surface area contributed by atoms with Crippen molar-refractivity contribution in [2.45, 2.75) is 5.16 Å². The van der Waals surface area contributed by atoms with Crippen molar-refractivity contribution in [2.75, 3.05) is 12.9 Å². The van der Waals surface area contributed by atoms with E-state index >= 15 is 0 Å². The number of methoxy groups -OCH3 is 1. The quantitative estimate of drug-likeness (QED) is 0.129. The van der Waals surface area contributed by atoms with Gasteiger partial charge in [0.15, 0.2) is 11.0 Å². The summed E-state index contributed by atoms with van der Waals surface area (Å²) in [6.07, 6.45) is 6.90. The van der Waals surface area contributed by atoms with Gasteiger partial charge < -0.3 is 4.74 Å². The average Bonchev–Trinajstić information content (AvgIpc) is 3.70. The summed E-state index contributed by atoms with van der Waals surface area (Å²) in [4.78, 5) is 16.9. The minimum atomic E-state index is -0.282. The molecule has 0 spiro atoms. The minimum absolute atomic E-state index is 0.0905. The summed E-state index contributed by atoms with van der Waals surface area (Å²) in [5.74, 6) is 1.22. The molecule has 0 saturated heterocycles. The molecule has 10 nitrogen and oxygen atoms in total. The molecule has 3 aromatic carbocycles. The normalized spacial score (nSPS) is 11.1. The highest BCUT2D eigenvalue weighted by molar-refractivity contribution is 7.99. The first-order chi connectivity index (χ1) is 21.2. The van der Waals surface area contributed by atoms with Crippen LogP contribution in [0.5, 0.6) is 5.75 Å². The van der Waals surface area contributed by atoms with Gasteiger partial charge in [-0.15, -0.1) is 10.2 Å². The zero-order chi connectivity index (χ0) is 29.4. The Morgan fingerprint density at radius 2 is 1.58 bits per heavy atom. The van der Waals surface area contributed by atoms with Crippen molar-refractivity contribution in [3.05, 3.63) is 121 Å². The molecular formula is C32H26N8O2S. The zero-order valence-corrected chi connectivity index (χ0v) is 23.9. The van der Waals surface area contributed by atoms with E-state index in [1.54, 1.807) is 30.4 Å². The van der Waals surface area contributed by atoms with Crippen LogP contribution in [0.1, 0.15) is 5.56 Å². The number of amides is 1. The summed E-state index contributed by atoms with van der Waals surface area (Å²) in [5.41, 5.74) is 7.66. The molecule has 3 aromatic heterocycles. The van der Waals surface area contributed by atoms with Gasteiger partial charge in [-0.2, -0.15) is 10.2 Å². The Balaban J connectivity index is 1.19. The predicted molar refractivity (Wildman–Crippen MR) is 167 cm³/mol. The lowest BCUT2D eigenvalue weighted by Crippen LogP contribution is -2.20. The predicted octanol–water partition coefficient (Wildman–Crippen LogP) is 5.43. The highest BCUT2D eigenvalue weighted by Gasteiger charge is 2.17. The summed E-state index contributed by atoms with van der Waals surface area (Å²) in [6, 6.07) is 31.0. The van der Waals surface area contributed by atoms with Gasteiger partial charge in [-0.25, -0.2) is 10.1 Å². The van der Waals surface area contributed by atoms with Gasteiger partial charge in [-0.1, -0.05) is 48.2 Å². The molecule has 0 aliphatic carbocycles. The fraction of sp³-hybridized carbons (Fsp3) is 0.0625. The van der Waals surface area contributed by atoms with Gasteiger partial charge in [-0.3, -0.25) is 14.3 Å². The van der Waals surface area contributed by atoms with E-state index in [2.05, 4.69) is 25.7 Å². The van der Waals surface area contributed by atoms with Crippen molar-refractivity contribution >= 4 is 23.9 Å². The molecule has 3 heterocycles. The summed E-state index contributed by atoms with van der Waals surface area (Å²) in [6.45, 7) is 0. The maximum absolute atomic E-state index is 12.8. The monoisotopic (exact) mass is 586 g/mol. The molecule has 0 fully saturated rings. The molecule has 1 N–H and O–H groups in total. The highest BCUT2D eigenvalue weighted by Crippen LogP contribution is 2.28. The van der Waals surface area contributed by atoms with Crippen molar-refractivity contribution < 1.29 is 9.53 Å². The number of rotatable bonds is 10. The van der Waals surface area contributed by atoms with E-state index in [0.717, 1.165) is 39.5 Å². The second kappa shape index (κ2) is 13.0. The van der Waals surface area contributed by atoms with Crippen LogP contribution in [0.2, 0.25) is 0 Å². The lowest BCUT2D eigenvalue weighted by Gasteiger charge is -2.10. The lowest BCUT2D eigenvalue weighted by molar-refractivity contribution is -0.118. The Hall–Kier alpha value is -5.55. The maximum Gasteiger partial charge on any atom is 0.250 e. The second-order valence-electron chi connectivity index (χ2n) is 9.24. The Labute approximate surface area is 252 Å². The molecule has 6 aromatic rings. The summed E-state index contributed by atoms with van der Waals surface area (Å²) < 4.78 is 9.01. The van der Waals surface area contributed by atoms with Crippen molar-refractivity contribution in [3.8, 4) is 39.8 Å². The molecule has 43 heavy (non-hydrogen) atoms. The molecule has 0 radical (unpaired) electrons. The van der Waals surface area contributed by atoms with Crippen molar-refractivity contribution in [1.82, 2.24) is 35.0 Å². The van der Waals surface area contributed by atoms with E-state index in [1.165, 1.54) is 11.8 Å². The van der Waals surface area contributed by atoms with Gasteiger partial charge in [0, 0.05) is 41.0 Å². The van der Waals surface area contributed by atoms with Crippen LogP contribution in [0.15, 0.2) is 126 Å². The smallest absolute Gasteiger partial charge is 0.250 e. The summed E-state index contributed by atoms with van der Waals surface area (Å²) in [5, 5.41) is 18.4. The van der Waals surface area contributed by atoms with Gasteiger partial charge >= 0.3 is 0 Å². The SMILES string of the molecule is COc1ccc(-c2nn(-c3ccccc3)cc2C=NNC(=O)CSc2nnc(-c3ccncc3)n2-c2ccccc2)cc1. The number of thioether (sulfide) groups is 1. The zero-order valence-electron chi connectivity index (χ0n) is 23.1. The van der Waals surface area contributed by atoms with Crippen LogP contribution >= 0.6 is 11.8 Å². The van der Waals surface area contributed by atoms with E-state index in [-0.39, 0.29) is 11.7 Å². The summed E-state index contributed by atoms with van der Waals surface area (Å²) >= 11 is 1.28. The van der Waals surface area contributed by atoms with E-state index < -0.39 is 0 Å². The third-order valence-corrected chi connectivity index (χ3v) is 7.37. The third-order valence-electron chi connectivity index (χ3n) is 6.44. The first-order valence-electron chi connectivity index (χ1n) is 13.3. The van der Waals surface area contributed by atoms with E-state index in [4.69, 9.17) is 9.84 Å². The first-order valence-corrected chi connectivity index (χ1v) is 14.3. The Bertz CT molecular complexity index is 1840. The number of carbonyl (C=O) groups is 1. The number of benzene rings is 3. The van der Waals surface area contributed by atoms with E-state index in [1.807, 2.05) is 108 Å². The number of aromatic nitrogens is 6. The molecule has 0 saturated carbocycles. The van der Waals surface area contributed by atoms with Crippen molar-refractivity contribution in [2.24, 2.45) is 5.10 Å². The third kappa shape index (κ3) is 6.36. The Kier molecular flexibility index (Phi) is 8.32. The second-order valence-corrected chi connectivity index (χ2v) is 10.2. The van der Waals surface area contributed by atoms with Gasteiger partial charge in [0.25, 0.3) is 5.91 Å². The number of carbonyl (C=O) groups excluding carboxylic acids is 1. The van der Waals surface area contributed by atoms with Crippen LogP contribution in [0, 0.1) is 0 Å². The molecular weight excluding hydrogens is 560 g/mol.